The Morgan fingerprint density at radius 3 is 2.45 bits per heavy atom. The summed E-state index contributed by atoms with van der Waals surface area (Å²) in [4.78, 5) is 8.93. The molecule has 1 aromatic heterocycles. The minimum Gasteiger partial charge on any atom is -0.319 e. The van der Waals surface area contributed by atoms with Gasteiger partial charge in [0.15, 0.2) is 0 Å². The molecule has 0 spiro atoms. The van der Waals surface area contributed by atoms with E-state index in [2.05, 4.69) is 48.9 Å². The number of hydrogen-bond donors (Lipinski definition) is 1. The van der Waals surface area contributed by atoms with E-state index in [9.17, 15) is 0 Å². The summed E-state index contributed by atoms with van der Waals surface area (Å²) < 4.78 is 0. The van der Waals surface area contributed by atoms with E-state index in [1.165, 1.54) is 11.1 Å². The monoisotopic (exact) mass is 269 g/mol. The van der Waals surface area contributed by atoms with Gasteiger partial charge in [0, 0.05) is 11.8 Å². The molecule has 1 heterocycles. The van der Waals surface area contributed by atoms with Crippen LogP contribution in [0.3, 0.4) is 0 Å². The Kier molecular flexibility index (Phi) is 3.91. The maximum Gasteiger partial charge on any atom is 0.148 e. The summed E-state index contributed by atoms with van der Waals surface area (Å²) in [6.07, 6.45) is 1.79. The zero-order chi connectivity index (χ0) is 14.9. The standard InChI is InChI=1S/C17H23N3/c1-11(2)13-7-6-12(3)14(10-13)15-8-9-19-16(20-15)17(4,5)18/h6-11H,18H2,1-5H3. The molecule has 2 aromatic rings. The lowest BCUT2D eigenvalue weighted by molar-refractivity contribution is 0.514. The van der Waals surface area contributed by atoms with Crippen molar-refractivity contribution in [1.29, 1.82) is 0 Å². The Morgan fingerprint density at radius 2 is 1.85 bits per heavy atom. The van der Waals surface area contributed by atoms with Gasteiger partial charge < -0.3 is 5.73 Å². The molecule has 0 saturated heterocycles. The topological polar surface area (TPSA) is 51.8 Å². The number of benzene rings is 1. The molecule has 0 aliphatic carbocycles. The Balaban J connectivity index is 2.54. The first-order chi connectivity index (χ1) is 9.29. The third-order valence-electron chi connectivity index (χ3n) is 3.44. The van der Waals surface area contributed by atoms with Gasteiger partial charge in [0.05, 0.1) is 11.2 Å². The fraction of sp³-hybridized carbons (Fsp3) is 0.412. The van der Waals surface area contributed by atoms with E-state index in [1.54, 1.807) is 6.20 Å². The van der Waals surface area contributed by atoms with Gasteiger partial charge in [0.25, 0.3) is 0 Å². The summed E-state index contributed by atoms with van der Waals surface area (Å²) in [5.41, 5.74) is 10.2. The normalized spacial score (nSPS) is 11.9. The molecule has 3 nitrogen and oxygen atoms in total. The van der Waals surface area contributed by atoms with Gasteiger partial charge in [-0.1, -0.05) is 26.0 Å². The highest BCUT2D eigenvalue weighted by Gasteiger charge is 2.18. The van der Waals surface area contributed by atoms with Gasteiger partial charge in [-0.2, -0.15) is 0 Å². The maximum absolute atomic E-state index is 6.09. The molecule has 0 amide bonds. The predicted octanol–water partition coefficient (Wildman–Crippen LogP) is 3.77. The molecule has 1 aromatic carbocycles. The summed E-state index contributed by atoms with van der Waals surface area (Å²) in [6, 6.07) is 8.50. The number of nitrogens with two attached hydrogens (primary N) is 1. The van der Waals surface area contributed by atoms with Crippen LogP contribution in [0.1, 0.15) is 50.6 Å². The molecule has 0 bridgehead atoms. The zero-order valence-corrected chi connectivity index (χ0v) is 12.9. The average Bonchev–Trinajstić information content (AvgIpc) is 2.38. The smallest absolute Gasteiger partial charge is 0.148 e. The zero-order valence-electron chi connectivity index (χ0n) is 12.9. The van der Waals surface area contributed by atoms with E-state index >= 15 is 0 Å². The van der Waals surface area contributed by atoms with Gasteiger partial charge in [0.2, 0.25) is 0 Å². The summed E-state index contributed by atoms with van der Waals surface area (Å²) >= 11 is 0. The average molecular weight is 269 g/mol. The van der Waals surface area contributed by atoms with Crippen molar-refractivity contribution in [2.75, 3.05) is 0 Å². The fourth-order valence-electron chi connectivity index (χ4n) is 2.09. The highest BCUT2D eigenvalue weighted by atomic mass is 14.9. The predicted molar refractivity (Wildman–Crippen MR) is 83.5 cm³/mol. The largest absolute Gasteiger partial charge is 0.319 e. The van der Waals surface area contributed by atoms with Gasteiger partial charge in [-0.05, 0) is 49.9 Å². The molecule has 0 aliphatic rings. The summed E-state index contributed by atoms with van der Waals surface area (Å²) in [5.74, 6) is 1.17. The van der Waals surface area contributed by atoms with E-state index in [0.29, 0.717) is 11.7 Å². The van der Waals surface area contributed by atoms with Crippen molar-refractivity contribution in [3.8, 4) is 11.3 Å². The van der Waals surface area contributed by atoms with Crippen LogP contribution in [0.15, 0.2) is 30.5 Å². The third-order valence-corrected chi connectivity index (χ3v) is 3.44. The highest BCUT2D eigenvalue weighted by Crippen LogP contribution is 2.27. The molecule has 0 atom stereocenters. The number of hydrogen-bond acceptors (Lipinski definition) is 3. The molecular weight excluding hydrogens is 246 g/mol. The summed E-state index contributed by atoms with van der Waals surface area (Å²) in [7, 11) is 0. The molecule has 3 heteroatoms. The fourth-order valence-corrected chi connectivity index (χ4v) is 2.09. The molecule has 0 unspecified atom stereocenters. The second-order valence-electron chi connectivity index (χ2n) is 6.22. The first-order valence-electron chi connectivity index (χ1n) is 7.02. The Labute approximate surface area is 121 Å². The minimum absolute atomic E-state index is 0.501. The van der Waals surface area contributed by atoms with E-state index in [0.717, 1.165) is 11.3 Å². The van der Waals surface area contributed by atoms with Crippen LogP contribution in [0.25, 0.3) is 11.3 Å². The molecule has 0 aliphatic heterocycles. The minimum atomic E-state index is -0.528. The first kappa shape index (κ1) is 14.7. The van der Waals surface area contributed by atoms with E-state index in [1.807, 2.05) is 19.9 Å². The van der Waals surface area contributed by atoms with E-state index in [-0.39, 0.29) is 0 Å². The van der Waals surface area contributed by atoms with Gasteiger partial charge in [-0.25, -0.2) is 9.97 Å². The van der Waals surface area contributed by atoms with Crippen LogP contribution in [-0.4, -0.2) is 9.97 Å². The molecule has 0 fully saturated rings. The van der Waals surface area contributed by atoms with Crippen molar-refractivity contribution in [2.24, 2.45) is 5.73 Å². The summed E-state index contributed by atoms with van der Waals surface area (Å²) in [6.45, 7) is 10.3. The highest BCUT2D eigenvalue weighted by molar-refractivity contribution is 5.64. The maximum atomic E-state index is 6.09. The van der Waals surface area contributed by atoms with Crippen molar-refractivity contribution in [3.63, 3.8) is 0 Å². The second kappa shape index (κ2) is 5.33. The van der Waals surface area contributed by atoms with Crippen LogP contribution in [0, 0.1) is 6.92 Å². The Bertz CT molecular complexity index is 610. The van der Waals surface area contributed by atoms with Gasteiger partial charge in [-0.15, -0.1) is 0 Å². The second-order valence-corrected chi connectivity index (χ2v) is 6.22. The lowest BCUT2D eigenvalue weighted by Crippen LogP contribution is -2.31. The SMILES string of the molecule is Cc1ccc(C(C)C)cc1-c1ccnc(C(C)(C)N)n1. The van der Waals surface area contributed by atoms with Crippen molar-refractivity contribution in [1.82, 2.24) is 9.97 Å². The van der Waals surface area contributed by atoms with Crippen LogP contribution in [0.4, 0.5) is 0 Å². The van der Waals surface area contributed by atoms with Crippen LogP contribution in [0.2, 0.25) is 0 Å². The Morgan fingerprint density at radius 1 is 1.15 bits per heavy atom. The summed E-state index contributed by atoms with van der Waals surface area (Å²) in [5, 5.41) is 0. The molecular formula is C17H23N3. The van der Waals surface area contributed by atoms with Crippen LogP contribution in [0.5, 0.6) is 0 Å². The van der Waals surface area contributed by atoms with E-state index in [4.69, 9.17) is 5.73 Å². The Hall–Kier alpha value is -1.74. The molecule has 2 rings (SSSR count). The lowest BCUT2D eigenvalue weighted by Gasteiger charge is -2.18. The van der Waals surface area contributed by atoms with Crippen molar-refractivity contribution in [2.45, 2.75) is 46.1 Å². The van der Waals surface area contributed by atoms with Crippen molar-refractivity contribution >= 4 is 0 Å². The van der Waals surface area contributed by atoms with Crippen molar-refractivity contribution < 1.29 is 0 Å². The molecule has 2 N–H and O–H groups in total. The number of rotatable bonds is 3. The van der Waals surface area contributed by atoms with Gasteiger partial charge in [-0.3, -0.25) is 0 Å². The van der Waals surface area contributed by atoms with Crippen LogP contribution in [-0.2, 0) is 5.54 Å². The lowest BCUT2D eigenvalue weighted by atomic mass is 9.96. The van der Waals surface area contributed by atoms with Gasteiger partial charge >= 0.3 is 0 Å². The quantitative estimate of drug-likeness (QED) is 0.922. The van der Waals surface area contributed by atoms with Crippen LogP contribution >= 0.6 is 0 Å². The number of nitrogens with zero attached hydrogens (tertiary/aromatic N) is 2. The molecule has 0 radical (unpaired) electrons. The number of aryl methyl sites for hydroxylation is 1. The first-order valence-corrected chi connectivity index (χ1v) is 7.02. The van der Waals surface area contributed by atoms with Crippen molar-refractivity contribution in [3.05, 3.63) is 47.4 Å². The molecule has 106 valence electrons. The molecule has 20 heavy (non-hydrogen) atoms. The van der Waals surface area contributed by atoms with E-state index < -0.39 is 5.54 Å². The van der Waals surface area contributed by atoms with Gasteiger partial charge in [0.1, 0.15) is 5.82 Å². The number of aromatic nitrogens is 2. The molecule has 0 saturated carbocycles. The third kappa shape index (κ3) is 3.05. The van der Waals surface area contributed by atoms with Crippen LogP contribution < -0.4 is 5.73 Å².